The molecule has 1 fully saturated rings. The average molecular weight is 411 g/mol. The van der Waals surface area contributed by atoms with Crippen LogP contribution in [0.1, 0.15) is 25.3 Å². The first-order valence-corrected chi connectivity index (χ1v) is 10.6. The molecule has 3 heterocycles. The third-order valence-electron chi connectivity index (χ3n) is 5.83. The van der Waals surface area contributed by atoms with Crippen LogP contribution in [0.15, 0.2) is 54.2 Å². The van der Waals surface area contributed by atoms with E-state index in [4.69, 9.17) is 20.9 Å². The van der Waals surface area contributed by atoms with Gasteiger partial charge < -0.3 is 25.8 Å². The summed E-state index contributed by atoms with van der Waals surface area (Å²) in [6, 6.07) is -0.0308. The molecule has 160 valence electrons. The molecule has 4 N–H and O–H groups in total. The van der Waals surface area contributed by atoms with Gasteiger partial charge in [0.15, 0.2) is 11.5 Å². The summed E-state index contributed by atoms with van der Waals surface area (Å²) < 4.78 is 11.8. The predicted molar refractivity (Wildman–Crippen MR) is 117 cm³/mol. The van der Waals surface area contributed by atoms with Crippen LogP contribution in [0.2, 0.25) is 0 Å². The normalized spacial score (nSPS) is 20.6. The third kappa shape index (κ3) is 4.20. The molecule has 0 bridgehead atoms. The lowest BCUT2D eigenvalue weighted by Gasteiger charge is -2.40. The van der Waals surface area contributed by atoms with E-state index in [1.807, 2.05) is 0 Å². The van der Waals surface area contributed by atoms with Crippen molar-refractivity contribution in [3.63, 3.8) is 0 Å². The molecule has 0 saturated carbocycles. The molecule has 4 rings (SSSR count). The van der Waals surface area contributed by atoms with Gasteiger partial charge in [-0.05, 0) is 24.8 Å². The van der Waals surface area contributed by atoms with Crippen LogP contribution in [0.3, 0.4) is 0 Å². The van der Waals surface area contributed by atoms with Crippen molar-refractivity contribution in [3.8, 4) is 0 Å². The molecule has 0 amide bonds. The van der Waals surface area contributed by atoms with Crippen molar-refractivity contribution in [2.24, 2.45) is 5.73 Å². The van der Waals surface area contributed by atoms with Crippen molar-refractivity contribution >= 4 is 11.6 Å². The summed E-state index contributed by atoms with van der Waals surface area (Å²) in [5.41, 5.74) is 14.4. The molecule has 2 aliphatic heterocycles. The second-order valence-electron chi connectivity index (χ2n) is 7.59. The predicted octanol–water partition coefficient (Wildman–Crippen LogP) is 2.08. The minimum atomic E-state index is -0.0308. The van der Waals surface area contributed by atoms with E-state index in [2.05, 4.69) is 44.9 Å². The lowest BCUT2D eigenvalue weighted by Crippen LogP contribution is -2.53. The molecule has 1 aromatic rings. The van der Waals surface area contributed by atoms with Crippen LogP contribution in [0.4, 0.5) is 11.6 Å². The average Bonchev–Trinajstić information content (AvgIpc) is 2.81. The molecule has 1 saturated heterocycles. The molecule has 1 atom stereocenters. The van der Waals surface area contributed by atoms with E-state index in [1.54, 1.807) is 18.9 Å². The Hall–Kier alpha value is -2.84. The molecule has 1 aromatic heterocycles. The summed E-state index contributed by atoms with van der Waals surface area (Å²) in [5.74, 6) is 3.04. The van der Waals surface area contributed by atoms with Crippen LogP contribution >= 0.6 is 0 Å². The standard InChI is InChI=1S/C22H30N6O2/c1-2-17-21(24)25-15-26-22(17)28-10-8-27(9-11-28)18(12-23)20-14-29-13-19(30-20)16-6-4-3-5-7-16/h3-4,6,13-15,18H,2,5,7-12,23H2,1H3,(H2,24,25,26). The highest BCUT2D eigenvalue weighted by atomic mass is 16.5. The van der Waals surface area contributed by atoms with Crippen LogP contribution in [0.5, 0.6) is 0 Å². The molecule has 3 aliphatic rings. The molecule has 8 nitrogen and oxygen atoms in total. The van der Waals surface area contributed by atoms with Gasteiger partial charge in [-0.25, -0.2) is 9.97 Å². The minimum absolute atomic E-state index is 0.0308. The Bertz CT molecular complexity index is 884. The van der Waals surface area contributed by atoms with E-state index < -0.39 is 0 Å². The topological polar surface area (TPSA) is 103 Å². The highest BCUT2D eigenvalue weighted by Gasteiger charge is 2.30. The van der Waals surface area contributed by atoms with E-state index in [-0.39, 0.29) is 6.04 Å². The highest BCUT2D eigenvalue weighted by Crippen LogP contribution is 2.29. The summed E-state index contributed by atoms with van der Waals surface area (Å²) in [4.78, 5) is 13.2. The largest absolute Gasteiger partial charge is 0.465 e. The molecular weight excluding hydrogens is 380 g/mol. The van der Waals surface area contributed by atoms with Gasteiger partial charge in [-0.3, -0.25) is 4.90 Å². The number of nitrogens with zero attached hydrogens (tertiary/aromatic N) is 4. The van der Waals surface area contributed by atoms with Crippen molar-refractivity contribution in [2.75, 3.05) is 43.4 Å². The summed E-state index contributed by atoms with van der Waals surface area (Å²) in [6.07, 6.45) is 14.0. The van der Waals surface area contributed by atoms with Gasteiger partial charge in [0.2, 0.25) is 0 Å². The molecule has 30 heavy (non-hydrogen) atoms. The lowest BCUT2D eigenvalue weighted by molar-refractivity contribution is 0.130. The van der Waals surface area contributed by atoms with Crippen LogP contribution in [-0.4, -0.2) is 53.6 Å². The van der Waals surface area contributed by atoms with Gasteiger partial charge >= 0.3 is 0 Å². The third-order valence-corrected chi connectivity index (χ3v) is 5.83. The number of allylic oxidation sites excluding steroid dienone is 4. The number of ether oxygens (including phenoxy) is 2. The van der Waals surface area contributed by atoms with E-state index in [0.29, 0.717) is 12.4 Å². The Morgan fingerprint density at radius 2 is 2.00 bits per heavy atom. The summed E-state index contributed by atoms with van der Waals surface area (Å²) in [7, 11) is 0. The lowest BCUT2D eigenvalue weighted by atomic mass is 10.0. The van der Waals surface area contributed by atoms with Gasteiger partial charge in [-0.15, -0.1) is 0 Å². The van der Waals surface area contributed by atoms with Gasteiger partial charge in [0.1, 0.15) is 30.5 Å². The first kappa shape index (κ1) is 20.4. The number of anilines is 2. The summed E-state index contributed by atoms with van der Waals surface area (Å²) in [6.45, 7) is 5.91. The monoisotopic (exact) mass is 410 g/mol. The summed E-state index contributed by atoms with van der Waals surface area (Å²) >= 11 is 0. The Labute approximate surface area is 177 Å². The highest BCUT2D eigenvalue weighted by molar-refractivity contribution is 5.56. The van der Waals surface area contributed by atoms with Crippen LogP contribution in [-0.2, 0) is 15.9 Å². The number of nitrogen functional groups attached to an aromatic ring is 1. The first-order chi connectivity index (χ1) is 14.7. The maximum atomic E-state index is 6.22. The second kappa shape index (κ2) is 9.32. The van der Waals surface area contributed by atoms with Gasteiger partial charge in [0.05, 0.1) is 6.04 Å². The molecule has 0 radical (unpaired) electrons. The Kier molecular flexibility index (Phi) is 6.35. The van der Waals surface area contributed by atoms with Crippen LogP contribution < -0.4 is 16.4 Å². The van der Waals surface area contributed by atoms with E-state index in [0.717, 1.165) is 73.9 Å². The quantitative estimate of drug-likeness (QED) is 0.735. The van der Waals surface area contributed by atoms with E-state index >= 15 is 0 Å². The van der Waals surface area contributed by atoms with Crippen molar-refractivity contribution < 1.29 is 9.47 Å². The zero-order valence-electron chi connectivity index (χ0n) is 17.5. The SMILES string of the molecule is CCc1c(N)ncnc1N1CCN(C(CN)C2=COC=C(C3=CC=CCC3)O2)CC1. The van der Waals surface area contributed by atoms with E-state index in [1.165, 1.54) is 0 Å². The number of piperazine rings is 1. The van der Waals surface area contributed by atoms with Crippen molar-refractivity contribution in [1.82, 2.24) is 14.9 Å². The second-order valence-corrected chi connectivity index (χ2v) is 7.59. The van der Waals surface area contributed by atoms with Crippen molar-refractivity contribution in [2.45, 2.75) is 32.2 Å². The van der Waals surface area contributed by atoms with E-state index in [9.17, 15) is 0 Å². The molecular formula is C22H30N6O2. The molecule has 1 unspecified atom stereocenters. The maximum absolute atomic E-state index is 6.22. The summed E-state index contributed by atoms with van der Waals surface area (Å²) in [5, 5.41) is 0. The van der Waals surface area contributed by atoms with Gasteiger partial charge in [-0.1, -0.05) is 25.2 Å². The minimum Gasteiger partial charge on any atom is -0.465 e. The fourth-order valence-corrected chi connectivity index (χ4v) is 4.15. The number of rotatable bonds is 6. The Balaban J connectivity index is 1.41. The molecule has 8 heteroatoms. The van der Waals surface area contributed by atoms with Crippen LogP contribution in [0, 0.1) is 0 Å². The van der Waals surface area contributed by atoms with Crippen molar-refractivity contribution in [3.05, 3.63) is 59.7 Å². The first-order valence-electron chi connectivity index (χ1n) is 10.6. The number of hydrogen-bond acceptors (Lipinski definition) is 8. The van der Waals surface area contributed by atoms with Crippen LogP contribution in [0.25, 0.3) is 0 Å². The fourth-order valence-electron chi connectivity index (χ4n) is 4.15. The number of aromatic nitrogens is 2. The molecule has 0 aromatic carbocycles. The molecule has 0 spiro atoms. The van der Waals surface area contributed by atoms with Crippen molar-refractivity contribution in [1.29, 1.82) is 0 Å². The zero-order valence-corrected chi connectivity index (χ0v) is 17.5. The fraction of sp³-hybridized carbons (Fsp3) is 0.455. The van der Waals surface area contributed by atoms with Gasteiger partial charge in [0, 0.05) is 38.3 Å². The smallest absolute Gasteiger partial charge is 0.165 e. The molecule has 1 aliphatic carbocycles. The number of hydrogen-bond donors (Lipinski definition) is 2. The van der Waals surface area contributed by atoms with Gasteiger partial charge in [-0.2, -0.15) is 0 Å². The van der Waals surface area contributed by atoms with Gasteiger partial charge in [0.25, 0.3) is 0 Å². The Morgan fingerprint density at radius 1 is 1.17 bits per heavy atom. The Morgan fingerprint density at radius 3 is 2.70 bits per heavy atom. The maximum Gasteiger partial charge on any atom is 0.165 e. The zero-order chi connectivity index (χ0) is 20.9. The number of nitrogens with two attached hydrogens (primary N) is 2.